The summed E-state index contributed by atoms with van der Waals surface area (Å²) in [7, 11) is 1.30. The van der Waals surface area contributed by atoms with Crippen molar-refractivity contribution in [3.05, 3.63) is 37.5 Å². The number of pyridine rings is 1. The Bertz CT molecular complexity index is 532. The molecule has 1 heterocycles. The smallest absolute Gasteiger partial charge is 0.368 e. The molecule has 0 saturated carbocycles. The van der Waals surface area contributed by atoms with Crippen LogP contribution in [-0.2, 0) is 0 Å². The van der Waals surface area contributed by atoms with E-state index in [1.165, 1.54) is 14.0 Å². The highest BCUT2D eigenvalue weighted by atomic mass is 16.6. The van der Waals surface area contributed by atoms with Crippen LogP contribution < -0.4 is 5.49 Å². The maximum atomic E-state index is 10.6. The Balaban J connectivity index is 3.80. The number of nitrogens with zero attached hydrogens (tertiary/aromatic N) is 4. The van der Waals surface area contributed by atoms with Crippen LogP contribution in [0.4, 0.5) is 11.4 Å². The summed E-state index contributed by atoms with van der Waals surface area (Å²) >= 11 is 0. The normalized spacial score (nSPS) is 11.5. The second-order valence-corrected chi connectivity index (χ2v) is 2.87. The molecule has 16 heavy (non-hydrogen) atoms. The van der Waals surface area contributed by atoms with Gasteiger partial charge in [-0.05, 0) is 6.92 Å². The summed E-state index contributed by atoms with van der Waals surface area (Å²) < 4.78 is 0.436. The van der Waals surface area contributed by atoms with Gasteiger partial charge in [0.1, 0.15) is 5.69 Å². The van der Waals surface area contributed by atoms with E-state index in [2.05, 4.69) is 4.99 Å². The van der Waals surface area contributed by atoms with Crippen LogP contribution in [0.15, 0.2) is 11.1 Å². The molecule has 0 aliphatic rings. The highest BCUT2D eigenvalue weighted by Gasteiger charge is 2.29. The summed E-state index contributed by atoms with van der Waals surface area (Å²) in [6.45, 7) is 1.19. The van der Waals surface area contributed by atoms with Gasteiger partial charge < -0.3 is 5.21 Å². The molecular formula is C7H8N4O5. The van der Waals surface area contributed by atoms with Gasteiger partial charge in [0.05, 0.1) is 15.9 Å². The summed E-state index contributed by atoms with van der Waals surface area (Å²) in [6.07, 6.45) is 0. The van der Waals surface area contributed by atoms with Crippen molar-refractivity contribution in [1.29, 1.82) is 0 Å². The summed E-state index contributed by atoms with van der Waals surface area (Å²) in [4.78, 5) is 23.0. The third-order valence-corrected chi connectivity index (χ3v) is 1.99. The molecule has 0 aliphatic heterocycles. The van der Waals surface area contributed by atoms with Crippen molar-refractivity contribution < 1.29 is 15.1 Å². The third kappa shape index (κ3) is 1.69. The largest absolute Gasteiger partial charge is 0.426 e. The van der Waals surface area contributed by atoms with Crippen molar-refractivity contribution in [3.8, 4) is 0 Å². The average molecular weight is 228 g/mol. The van der Waals surface area contributed by atoms with Gasteiger partial charge in [-0.3, -0.25) is 25.2 Å². The summed E-state index contributed by atoms with van der Waals surface area (Å²) in [5, 5.41) is 30.7. The predicted octanol–water partition coefficient (Wildman–Crippen LogP) is 0.381. The monoisotopic (exact) mass is 228 g/mol. The highest BCUT2D eigenvalue weighted by Crippen LogP contribution is 2.27. The molecule has 0 amide bonds. The van der Waals surface area contributed by atoms with Gasteiger partial charge in [0.25, 0.3) is 0 Å². The fourth-order valence-corrected chi connectivity index (χ4v) is 1.23. The van der Waals surface area contributed by atoms with E-state index in [4.69, 9.17) is 0 Å². The van der Waals surface area contributed by atoms with E-state index >= 15 is 0 Å². The van der Waals surface area contributed by atoms with E-state index in [1.807, 2.05) is 0 Å². The minimum absolute atomic E-state index is 0.130. The Kier molecular flexibility index (Phi) is 2.88. The second kappa shape index (κ2) is 3.96. The van der Waals surface area contributed by atoms with Crippen molar-refractivity contribution >= 4 is 11.4 Å². The first kappa shape index (κ1) is 11.6. The van der Waals surface area contributed by atoms with Gasteiger partial charge >= 0.3 is 11.4 Å². The van der Waals surface area contributed by atoms with E-state index in [1.54, 1.807) is 0 Å². The molecule has 0 unspecified atom stereocenters. The topological polar surface area (TPSA) is 124 Å². The molecule has 0 radical (unpaired) electrons. The van der Waals surface area contributed by atoms with E-state index in [0.717, 1.165) is 6.07 Å². The van der Waals surface area contributed by atoms with Gasteiger partial charge in [-0.1, -0.05) is 0 Å². The number of rotatable bonds is 2. The van der Waals surface area contributed by atoms with Crippen LogP contribution in [0.25, 0.3) is 0 Å². The number of aromatic nitrogens is 1. The van der Waals surface area contributed by atoms with Gasteiger partial charge in [0, 0.05) is 7.05 Å². The van der Waals surface area contributed by atoms with Gasteiger partial charge in [0.2, 0.25) is 0 Å². The molecule has 0 atom stereocenters. The van der Waals surface area contributed by atoms with Crippen molar-refractivity contribution in [2.24, 2.45) is 4.99 Å². The molecule has 1 aromatic heterocycles. The molecule has 9 nitrogen and oxygen atoms in total. The Morgan fingerprint density at radius 2 is 1.94 bits per heavy atom. The van der Waals surface area contributed by atoms with Crippen molar-refractivity contribution in [2.45, 2.75) is 6.92 Å². The lowest BCUT2D eigenvalue weighted by Crippen LogP contribution is -2.22. The first-order chi connectivity index (χ1) is 7.40. The van der Waals surface area contributed by atoms with Gasteiger partial charge in [-0.15, -0.1) is 0 Å². The molecule has 1 N–H and O–H groups in total. The maximum Gasteiger partial charge on any atom is 0.368 e. The van der Waals surface area contributed by atoms with Crippen LogP contribution in [0.5, 0.6) is 0 Å². The standard InChI is InChI=1S/C7H8N4O5/c1-4-7(11(15)16)5(10(13)14)3-6(8-2)9(4)12/h3,12H,1-2H3. The zero-order valence-electron chi connectivity index (χ0n) is 8.45. The fraction of sp³-hybridized carbons (Fsp3) is 0.286. The van der Waals surface area contributed by atoms with Crippen LogP contribution >= 0.6 is 0 Å². The highest BCUT2D eigenvalue weighted by molar-refractivity contribution is 5.54. The Hall–Kier alpha value is -2.45. The summed E-state index contributed by atoms with van der Waals surface area (Å²) in [6, 6.07) is 0.838. The quantitative estimate of drug-likeness (QED) is 0.445. The molecule has 9 heteroatoms. The average Bonchev–Trinajstić information content (AvgIpc) is 2.20. The van der Waals surface area contributed by atoms with Crippen LogP contribution in [0.2, 0.25) is 0 Å². The van der Waals surface area contributed by atoms with Gasteiger partial charge in [-0.2, -0.15) is 4.73 Å². The third-order valence-electron chi connectivity index (χ3n) is 1.99. The molecule has 0 aromatic carbocycles. The predicted molar refractivity (Wildman–Crippen MR) is 51.1 cm³/mol. The molecule has 1 rings (SSSR count). The lowest BCUT2D eigenvalue weighted by molar-refractivity contribution is -0.423. The maximum absolute atomic E-state index is 10.6. The number of hydrogen-bond donors (Lipinski definition) is 1. The summed E-state index contributed by atoms with van der Waals surface area (Å²) in [5.41, 5.74) is -1.83. The summed E-state index contributed by atoms with van der Waals surface area (Å²) in [5.74, 6) is 0. The van der Waals surface area contributed by atoms with Crippen LogP contribution in [0.1, 0.15) is 5.69 Å². The molecule has 0 spiro atoms. The van der Waals surface area contributed by atoms with Crippen molar-refractivity contribution in [3.63, 3.8) is 0 Å². The molecule has 1 aromatic rings. The first-order valence-electron chi connectivity index (χ1n) is 4.07. The van der Waals surface area contributed by atoms with Crippen LogP contribution in [0, 0.1) is 27.2 Å². The zero-order chi connectivity index (χ0) is 12.5. The minimum atomic E-state index is -0.917. The molecule has 0 bridgehead atoms. The Morgan fingerprint density at radius 3 is 2.31 bits per heavy atom. The van der Waals surface area contributed by atoms with Gasteiger partial charge in [0.15, 0.2) is 5.49 Å². The molecule has 86 valence electrons. The molecule has 0 saturated heterocycles. The number of nitro groups is 2. The van der Waals surface area contributed by atoms with Crippen molar-refractivity contribution in [2.75, 3.05) is 7.05 Å². The van der Waals surface area contributed by atoms with Gasteiger partial charge in [-0.25, -0.2) is 0 Å². The second-order valence-electron chi connectivity index (χ2n) is 2.87. The Labute approximate surface area is 88.5 Å². The van der Waals surface area contributed by atoms with Crippen LogP contribution in [0.3, 0.4) is 0 Å². The molecule has 0 aliphatic carbocycles. The minimum Gasteiger partial charge on any atom is -0.426 e. The van der Waals surface area contributed by atoms with E-state index in [-0.39, 0.29) is 11.2 Å². The lowest BCUT2D eigenvalue weighted by Gasteiger charge is -2.04. The van der Waals surface area contributed by atoms with E-state index < -0.39 is 21.2 Å². The van der Waals surface area contributed by atoms with E-state index in [9.17, 15) is 25.4 Å². The Morgan fingerprint density at radius 1 is 1.38 bits per heavy atom. The fourth-order valence-electron chi connectivity index (χ4n) is 1.23. The SMILES string of the molecule is CN=c1cc([N+](=O)[O-])c([N+](=O)[O-])c(C)n1O. The lowest BCUT2D eigenvalue weighted by atomic mass is 10.2. The molecule has 0 fully saturated rings. The van der Waals surface area contributed by atoms with Crippen LogP contribution in [-0.4, -0.2) is 26.8 Å². The molecular weight excluding hydrogens is 220 g/mol. The first-order valence-corrected chi connectivity index (χ1v) is 4.07. The van der Waals surface area contributed by atoms with Crippen molar-refractivity contribution in [1.82, 2.24) is 4.73 Å². The zero-order valence-corrected chi connectivity index (χ0v) is 8.45. The number of hydrogen-bond acceptors (Lipinski definition) is 6. The van der Waals surface area contributed by atoms with E-state index in [0.29, 0.717) is 4.73 Å².